The average molecular weight is 260 g/mol. The maximum Gasteiger partial charge on any atom is 0.246 e. The lowest BCUT2D eigenvalue weighted by Crippen LogP contribution is -2.30. The highest BCUT2D eigenvalue weighted by Gasteiger charge is 2.33. The van der Waals surface area contributed by atoms with Gasteiger partial charge in [-0.05, 0) is 24.6 Å². The van der Waals surface area contributed by atoms with Crippen molar-refractivity contribution in [1.82, 2.24) is 4.31 Å². The van der Waals surface area contributed by atoms with Crippen LogP contribution in [0.3, 0.4) is 0 Å². The van der Waals surface area contributed by atoms with E-state index in [1.807, 2.05) is 0 Å². The molecular formula is C10H13FN2O3S. The molecule has 0 unspecified atom stereocenters. The Kier molecular flexibility index (Phi) is 3.07. The van der Waals surface area contributed by atoms with Gasteiger partial charge in [-0.15, -0.1) is 0 Å². The normalized spacial score (nSPS) is 21.9. The van der Waals surface area contributed by atoms with E-state index in [1.54, 1.807) is 0 Å². The first-order valence-electron chi connectivity index (χ1n) is 5.14. The number of hydrogen-bond acceptors (Lipinski definition) is 4. The summed E-state index contributed by atoms with van der Waals surface area (Å²) in [5.74, 6) is -0.869. The van der Waals surface area contributed by atoms with Crippen LogP contribution in [0.5, 0.6) is 0 Å². The zero-order valence-corrected chi connectivity index (χ0v) is 9.82. The van der Waals surface area contributed by atoms with Crippen molar-refractivity contribution in [3.63, 3.8) is 0 Å². The van der Waals surface area contributed by atoms with Crippen LogP contribution in [0.2, 0.25) is 0 Å². The molecule has 1 aliphatic heterocycles. The Balaban J connectivity index is 2.38. The number of sulfonamides is 1. The predicted octanol–water partition coefficient (Wildman–Crippen LogP) is 0.163. The number of benzene rings is 1. The van der Waals surface area contributed by atoms with Gasteiger partial charge in [0, 0.05) is 18.8 Å². The van der Waals surface area contributed by atoms with Gasteiger partial charge in [-0.3, -0.25) is 0 Å². The van der Waals surface area contributed by atoms with E-state index in [0.29, 0.717) is 6.42 Å². The fourth-order valence-electron chi connectivity index (χ4n) is 1.79. The predicted molar refractivity (Wildman–Crippen MR) is 60.2 cm³/mol. The molecule has 1 saturated heterocycles. The molecule has 7 heteroatoms. The zero-order valence-electron chi connectivity index (χ0n) is 9.01. The van der Waals surface area contributed by atoms with Gasteiger partial charge < -0.3 is 10.8 Å². The third-order valence-corrected chi connectivity index (χ3v) is 4.60. The van der Waals surface area contributed by atoms with Crippen LogP contribution in [0.4, 0.5) is 10.1 Å². The van der Waals surface area contributed by atoms with Gasteiger partial charge in [0.15, 0.2) is 0 Å². The van der Waals surface area contributed by atoms with E-state index in [1.165, 1.54) is 6.07 Å². The summed E-state index contributed by atoms with van der Waals surface area (Å²) < 4.78 is 38.7. The Labute approximate surface area is 98.7 Å². The van der Waals surface area contributed by atoms with Crippen LogP contribution >= 0.6 is 0 Å². The molecule has 1 atom stereocenters. The van der Waals surface area contributed by atoms with Crippen molar-refractivity contribution in [1.29, 1.82) is 0 Å². The third kappa shape index (κ3) is 2.26. The van der Waals surface area contributed by atoms with Gasteiger partial charge in [-0.1, -0.05) is 0 Å². The van der Waals surface area contributed by atoms with Gasteiger partial charge in [0.2, 0.25) is 10.0 Å². The number of β-amino-alcohol motifs (C(OH)–C–C–N with tert-alkyl or cyclic N) is 1. The van der Waals surface area contributed by atoms with Crippen molar-refractivity contribution in [3.8, 4) is 0 Å². The van der Waals surface area contributed by atoms with Crippen LogP contribution < -0.4 is 5.73 Å². The summed E-state index contributed by atoms with van der Waals surface area (Å²) in [5, 5.41) is 9.30. The van der Waals surface area contributed by atoms with Crippen LogP contribution in [-0.4, -0.2) is 37.0 Å². The summed E-state index contributed by atoms with van der Waals surface area (Å²) in [4.78, 5) is -0.402. The van der Waals surface area contributed by atoms with Gasteiger partial charge in [-0.2, -0.15) is 4.31 Å². The molecule has 1 heterocycles. The van der Waals surface area contributed by atoms with E-state index in [2.05, 4.69) is 0 Å². The van der Waals surface area contributed by atoms with Gasteiger partial charge >= 0.3 is 0 Å². The van der Waals surface area contributed by atoms with Crippen molar-refractivity contribution in [2.45, 2.75) is 17.4 Å². The highest BCUT2D eigenvalue weighted by Crippen LogP contribution is 2.24. The van der Waals surface area contributed by atoms with Gasteiger partial charge in [0.05, 0.1) is 6.10 Å². The number of anilines is 1. The molecule has 1 fully saturated rings. The molecule has 3 N–H and O–H groups in total. The number of rotatable bonds is 2. The van der Waals surface area contributed by atoms with E-state index in [4.69, 9.17) is 5.73 Å². The molecule has 5 nitrogen and oxygen atoms in total. The Morgan fingerprint density at radius 2 is 2.18 bits per heavy atom. The minimum atomic E-state index is -3.88. The quantitative estimate of drug-likeness (QED) is 0.742. The molecule has 17 heavy (non-hydrogen) atoms. The molecule has 0 saturated carbocycles. The number of nitrogens with two attached hydrogens (primary N) is 1. The van der Waals surface area contributed by atoms with Crippen molar-refractivity contribution in [2.75, 3.05) is 18.8 Å². The van der Waals surface area contributed by atoms with Crippen molar-refractivity contribution >= 4 is 15.7 Å². The topological polar surface area (TPSA) is 83.6 Å². The Bertz CT molecular complexity index is 532. The average Bonchev–Trinajstić information content (AvgIpc) is 2.64. The second kappa shape index (κ2) is 4.25. The molecule has 0 aromatic heterocycles. The van der Waals surface area contributed by atoms with E-state index < -0.39 is 26.8 Å². The minimum Gasteiger partial charge on any atom is -0.399 e. The highest BCUT2D eigenvalue weighted by atomic mass is 32.2. The molecule has 0 amide bonds. The molecule has 1 aliphatic rings. The Morgan fingerprint density at radius 3 is 2.71 bits per heavy atom. The van der Waals surface area contributed by atoms with Crippen molar-refractivity contribution in [2.24, 2.45) is 0 Å². The van der Waals surface area contributed by atoms with E-state index >= 15 is 0 Å². The summed E-state index contributed by atoms with van der Waals surface area (Å²) >= 11 is 0. The van der Waals surface area contributed by atoms with Crippen LogP contribution in [0.1, 0.15) is 6.42 Å². The molecular weight excluding hydrogens is 247 g/mol. The fraction of sp³-hybridized carbons (Fsp3) is 0.400. The third-order valence-electron chi connectivity index (χ3n) is 2.70. The molecule has 0 radical (unpaired) electrons. The smallest absolute Gasteiger partial charge is 0.246 e. The molecule has 0 aliphatic carbocycles. The summed E-state index contributed by atoms with van der Waals surface area (Å²) in [5.41, 5.74) is 5.53. The first kappa shape index (κ1) is 12.3. The number of hydrogen-bond donors (Lipinski definition) is 2. The first-order valence-corrected chi connectivity index (χ1v) is 6.58. The molecule has 1 aromatic carbocycles. The lowest BCUT2D eigenvalue weighted by Gasteiger charge is -2.16. The second-order valence-electron chi connectivity index (χ2n) is 4.00. The molecule has 94 valence electrons. The summed E-state index contributed by atoms with van der Waals surface area (Å²) in [7, 11) is -3.88. The first-order chi connectivity index (χ1) is 7.91. The minimum absolute atomic E-state index is 0.00610. The SMILES string of the molecule is Nc1ccc(S(=O)(=O)N2CC[C@@H](O)C2)c(F)c1. The number of halogens is 1. The monoisotopic (exact) mass is 260 g/mol. The second-order valence-corrected chi connectivity index (χ2v) is 5.90. The van der Waals surface area contributed by atoms with E-state index in [9.17, 15) is 17.9 Å². The fourth-order valence-corrected chi connectivity index (χ4v) is 3.33. The zero-order chi connectivity index (χ0) is 12.6. The lowest BCUT2D eigenvalue weighted by molar-refractivity contribution is 0.189. The largest absolute Gasteiger partial charge is 0.399 e. The maximum absolute atomic E-state index is 13.5. The highest BCUT2D eigenvalue weighted by molar-refractivity contribution is 7.89. The number of aliphatic hydroxyl groups is 1. The molecule has 0 bridgehead atoms. The van der Waals surface area contributed by atoms with Crippen molar-refractivity contribution in [3.05, 3.63) is 24.0 Å². The van der Waals surface area contributed by atoms with Crippen LogP contribution in [-0.2, 0) is 10.0 Å². The van der Waals surface area contributed by atoms with Gasteiger partial charge in [0.1, 0.15) is 10.7 Å². The number of aliphatic hydroxyl groups excluding tert-OH is 1. The van der Waals surface area contributed by atoms with Crippen LogP contribution in [0.25, 0.3) is 0 Å². The summed E-state index contributed by atoms with van der Waals surface area (Å²) in [6.45, 7) is 0.208. The van der Waals surface area contributed by atoms with E-state index in [-0.39, 0.29) is 18.8 Å². The molecule has 2 rings (SSSR count). The van der Waals surface area contributed by atoms with Crippen LogP contribution in [0, 0.1) is 5.82 Å². The number of nitrogens with zero attached hydrogens (tertiary/aromatic N) is 1. The standard InChI is InChI=1S/C10H13FN2O3S/c11-9-5-7(12)1-2-10(9)17(15,16)13-4-3-8(14)6-13/h1-2,5,8,14H,3-4,6,12H2/t8-/m1/s1. The molecule has 0 spiro atoms. The summed E-state index contributed by atoms with van der Waals surface area (Å²) in [6, 6.07) is 3.45. The maximum atomic E-state index is 13.5. The lowest BCUT2D eigenvalue weighted by atomic mass is 10.3. The van der Waals surface area contributed by atoms with E-state index in [0.717, 1.165) is 16.4 Å². The van der Waals surface area contributed by atoms with Crippen LogP contribution in [0.15, 0.2) is 23.1 Å². The van der Waals surface area contributed by atoms with Crippen molar-refractivity contribution < 1.29 is 17.9 Å². The Morgan fingerprint density at radius 1 is 1.47 bits per heavy atom. The Hall–Kier alpha value is -1.18. The molecule has 1 aromatic rings. The number of nitrogen functional groups attached to an aromatic ring is 1. The van der Waals surface area contributed by atoms with Gasteiger partial charge in [0.25, 0.3) is 0 Å². The summed E-state index contributed by atoms with van der Waals surface area (Å²) in [6.07, 6.45) is -0.308. The van der Waals surface area contributed by atoms with Gasteiger partial charge in [-0.25, -0.2) is 12.8 Å².